The normalized spacial score (nSPS) is 32.0. The summed E-state index contributed by atoms with van der Waals surface area (Å²) >= 11 is 0. The van der Waals surface area contributed by atoms with Crippen molar-refractivity contribution in [3.63, 3.8) is 0 Å². The Balaban J connectivity index is 2.23. The van der Waals surface area contributed by atoms with Gasteiger partial charge in [-0.1, -0.05) is 0 Å². The number of aliphatic hydroxyl groups is 1. The number of aliphatic hydroxyl groups excluding tert-OH is 1. The summed E-state index contributed by atoms with van der Waals surface area (Å²) in [7, 11) is 0. The highest BCUT2D eigenvalue weighted by Gasteiger charge is 2.16. The lowest BCUT2D eigenvalue weighted by Gasteiger charge is -2.25. The zero-order chi connectivity index (χ0) is 6.69. The first kappa shape index (κ1) is 6.99. The number of hydrogen-bond acceptors (Lipinski definition) is 3. The van der Waals surface area contributed by atoms with E-state index in [4.69, 9.17) is 9.84 Å². The summed E-state index contributed by atoms with van der Waals surface area (Å²) in [5.74, 6) is 0. The summed E-state index contributed by atoms with van der Waals surface area (Å²) in [6, 6.07) is 0.138. The van der Waals surface area contributed by atoms with Crippen molar-refractivity contribution in [2.75, 3.05) is 19.8 Å². The molecule has 0 radical (unpaired) electrons. The van der Waals surface area contributed by atoms with Gasteiger partial charge in [-0.25, -0.2) is 0 Å². The first-order chi connectivity index (χ1) is 4.30. The molecule has 54 valence electrons. The number of rotatable bonds is 1. The molecule has 0 bridgehead atoms. The average molecular weight is 131 g/mol. The van der Waals surface area contributed by atoms with Gasteiger partial charge in [0.05, 0.1) is 25.4 Å². The second-order valence-corrected chi connectivity index (χ2v) is 2.38. The Bertz CT molecular complexity index is 79.1. The summed E-state index contributed by atoms with van der Waals surface area (Å²) in [6.45, 7) is 4.03. The summed E-state index contributed by atoms with van der Waals surface area (Å²) < 4.78 is 5.12. The maximum atomic E-state index is 9.03. The molecule has 0 aromatic heterocycles. The second kappa shape index (κ2) is 3.15. The molecule has 0 saturated carbocycles. The van der Waals surface area contributed by atoms with E-state index in [1.807, 2.05) is 0 Å². The molecular weight excluding hydrogens is 118 g/mol. The van der Waals surface area contributed by atoms with Gasteiger partial charge in [0.15, 0.2) is 0 Å². The van der Waals surface area contributed by atoms with Gasteiger partial charge in [-0.05, 0) is 6.92 Å². The maximum absolute atomic E-state index is 9.03. The monoisotopic (exact) mass is 131 g/mol. The van der Waals surface area contributed by atoms with Gasteiger partial charge in [0.2, 0.25) is 0 Å². The Kier molecular flexibility index (Phi) is 2.45. The average Bonchev–Trinajstić information content (AvgIpc) is 1.90. The SMILES string of the molecule is CC(O)C1COCCN1. The van der Waals surface area contributed by atoms with Crippen LogP contribution in [0, 0.1) is 0 Å². The van der Waals surface area contributed by atoms with Gasteiger partial charge in [0.25, 0.3) is 0 Å². The van der Waals surface area contributed by atoms with Crippen LogP contribution in [-0.4, -0.2) is 37.0 Å². The van der Waals surface area contributed by atoms with E-state index >= 15 is 0 Å². The Hall–Kier alpha value is -0.120. The molecule has 1 saturated heterocycles. The smallest absolute Gasteiger partial charge is 0.0687 e. The Morgan fingerprint density at radius 3 is 2.89 bits per heavy atom. The largest absolute Gasteiger partial charge is 0.392 e. The molecule has 2 atom stereocenters. The van der Waals surface area contributed by atoms with Crippen LogP contribution in [0.3, 0.4) is 0 Å². The molecule has 3 heteroatoms. The molecule has 0 aliphatic carbocycles. The lowest BCUT2D eigenvalue weighted by molar-refractivity contribution is 0.0253. The van der Waals surface area contributed by atoms with Crippen LogP contribution in [0.15, 0.2) is 0 Å². The molecule has 1 aliphatic heterocycles. The molecule has 1 heterocycles. The van der Waals surface area contributed by atoms with E-state index < -0.39 is 0 Å². The molecule has 2 N–H and O–H groups in total. The molecule has 0 aromatic rings. The summed E-state index contributed by atoms with van der Waals surface area (Å²) in [6.07, 6.45) is -0.301. The fourth-order valence-corrected chi connectivity index (χ4v) is 0.896. The zero-order valence-electron chi connectivity index (χ0n) is 5.63. The minimum Gasteiger partial charge on any atom is -0.392 e. The van der Waals surface area contributed by atoms with Gasteiger partial charge in [-0.2, -0.15) is 0 Å². The molecule has 9 heavy (non-hydrogen) atoms. The fraction of sp³-hybridized carbons (Fsp3) is 1.00. The van der Waals surface area contributed by atoms with Crippen molar-refractivity contribution in [3.05, 3.63) is 0 Å². The lowest BCUT2D eigenvalue weighted by Crippen LogP contribution is -2.47. The van der Waals surface area contributed by atoms with Gasteiger partial charge in [-0.3, -0.25) is 0 Å². The third-order valence-electron chi connectivity index (χ3n) is 1.53. The quantitative estimate of drug-likeness (QED) is 0.497. The second-order valence-electron chi connectivity index (χ2n) is 2.38. The van der Waals surface area contributed by atoms with Crippen LogP contribution in [0.5, 0.6) is 0 Å². The molecule has 1 rings (SSSR count). The van der Waals surface area contributed by atoms with E-state index in [1.165, 1.54) is 0 Å². The minimum atomic E-state index is -0.301. The Morgan fingerprint density at radius 1 is 1.78 bits per heavy atom. The van der Waals surface area contributed by atoms with Gasteiger partial charge >= 0.3 is 0 Å². The van der Waals surface area contributed by atoms with Gasteiger partial charge in [0.1, 0.15) is 0 Å². The number of morpholine rings is 1. The van der Waals surface area contributed by atoms with Gasteiger partial charge < -0.3 is 15.2 Å². The number of hydrogen-bond donors (Lipinski definition) is 2. The fourth-order valence-electron chi connectivity index (χ4n) is 0.896. The molecule has 0 spiro atoms. The molecule has 1 fully saturated rings. The Morgan fingerprint density at radius 2 is 2.56 bits per heavy atom. The molecule has 2 unspecified atom stereocenters. The van der Waals surface area contributed by atoms with E-state index in [-0.39, 0.29) is 12.1 Å². The van der Waals surface area contributed by atoms with Crippen molar-refractivity contribution in [1.82, 2.24) is 5.32 Å². The van der Waals surface area contributed by atoms with Crippen LogP contribution in [0.4, 0.5) is 0 Å². The van der Waals surface area contributed by atoms with Crippen molar-refractivity contribution in [3.8, 4) is 0 Å². The Labute approximate surface area is 55.0 Å². The highest BCUT2D eigenvalue weighted by Crippen LogP contribution is 1.97. The van der Waals surface area contributed by atoms with Crippen LogP contribution in [0.2, 0.25) is 0 Å². The third kappa shape index (κ3) is 1.93. The highest BCUT2D eigenvalue weighted by atomic mass is 16.5. The summed E-state index contributed by atoms with van der Waals surface area (Å²) in [5.41, 5.74) is 0. The van der Waals surface area contributed by atoms with Gasteiger partial charge in [0, 0.05) is 6.54 Å². The van der Waals surface area contributed by atoms with E-state index in [9.17, 15) is 0 Å². The first-order valence-corrected chi connectivity index (χ1v) is 3.30. The third-order valence-corrected chi connectivity index (χ3v) is 1.53. The first-order valence-electron chi connectivity index (χ1n) is 3.30. The van der Waals surface area contributed by atoms with Crippen molar-refractivity contribution in [1.29, 1.82) is 0 Å². The predicted octanol–water partition coefficient (Wildman–Crippen LogP) is -0.644. The topological polar surface area (TPSA) is 41.5 Å². The van der Waals surface area contributed by atoms with Crippen molar-refractivity contribution < 1.29 is 9.84 Å². The summed E-state index contributed by atoms with van der Waals surface area (Å²) in [5, 5.41) is 12.2. The van der Waals surface area contributed by atoms with Crippen LogP contribution in [0.1, 0.15) is 6.92 Å². The molecule has 0 amide bonds. The maximum Gasteiger partial charge on any atom is 0.0687 e. The van der Waals surface area contributed by atoms with Crippen LogP contribution in [0.25, 0.3) is 0 Å². The number of ether oxygens (including phenoxy) is 1. The molecule has 1 aliphatic rings. The van der Waals surface area contributed by atoms with E-state index in [2.05, 4.69) is 5.32 Å². The van der Waals surface area contributed by atoms with Crippen molar-refractivity contribution in [2.24, 2.45) is 0 Å². The van der Waals surface area contributed by atoms with Gasteiger partial charge in [-0.15, -0.1) is 0 Å². The van der Waals surface area contributed by atoms with E-state index in [1.54, 1.807) is 6.92 Å². The van der Waals surface area contributed by atoms with Crippen molar-refractivity contribution in [2.45, 2.75) is 19.1 Å². The van der Waals surface area contributed by atoms with Crippen molar-refractivity contribution >= 4 is 0 Å². The minimum absolute atomic E-state index is 0.138. The standard InChI is InChI=1S/C6H13NO2/c1-5(8)6-4-9-3-2-7-6/h5-8H,2-4H2,1H3. The molecular formula is C6H13NO2. The number of nitrogens with one attached hydrogen (secondary N) is 1. The molecule has 0 aromatic carbocycles. The van der Waals surface area contributed by atoms with Crippen LogP contribution in [-0.2, 0) is 4.74 Å². The van der Waals surface area contributed by atoms with E-state index in [0.29, 0.717) is 6.61 Å². The highest BCUT2D eigenvalue weighted by molar-refractivity contribution is 4.74. The zero-order valence-corrected chi connectivity index (χ0v) is 5.63. The predicted molar refractivity (Wildman–Crippen MR) is 34.3 cm³/mol. The lowest BCUT2D eigenvalue weighted by atomic mass is 10.2. The van der Waals surface area contributed by atoms with Crippen LogP contribution >= 0.6 is 0 Å². The van der Waals surface area contributed by atoms with Crippen LogP contribution < -0.4 is 5.32 Å². The summed E-state index contributed by atoms with van der Waals surface area (Å²) in [4.78, 5) is 0. The molecule has 3 nitrogen and oxygen atoms in total. The van der Waals surface area contributed by atoms with E-state index in [0.717, 1.165) is 13.2 Å².